The molecule has 0 atom stereocenters. The fourth-order valence-corrected chi connectivity index (χ4v) is 2.27. The molecule has 2 rings (SSSR count). The monoisotopic (exact) mass is 307 g/mol. The van der Waals surface area contributed by atoms with E-state index < -0.39 is 18.3 Å². The molecule has 3 N–H and O–H groups in total. The van der Waals surface area contributed by atoms with Crippen LogP contribution in [0.1, 0.15) is 38.8 Å². The van der Waals surface area contributed by atoms with E-state index in [4.69, 9.17) is 15.0 Å². The summed E-state index contributed by atoms with van der Waals surface area (Å²) < 4.78 is 25.3. The van der Waals surface area contributed by atoms with E-state index in [2.05, 4.69) is 0 Å². The Bertz CT molecular complexity index is 571. The van der Waals surface area contributed by atoms with Crippen molar-refractivity contribution < 1.29 is 18.8 Å². The molecule has 0 spiro atoms. The highest BCUT2D eigenvalue weighted by molar-refractivity contribution is 6.55. The summed E-state index contributed by atoms with van der Waals surface area (Å²) in [5.41, 5.74) is 6.65. The lowest BCUT2D eigenvalue weighted by molar-refractivity contribution is 0.00578. The number of halogens is 1. The molecule has 0 unspecified atom stereocenters. The molecule has 0 aliphatic carbocycles. The molecule has 1 fully saturated rings. The summed E-state index contributed by atoms with van der Waals surface area (Å²) in [6, 6.07) is 4.40. The summed E-state index contributed by atoms with van der Waals surface area (Å²) in [5.74, 6) is -0.352. The summed E-state index contributed by atoms with van der Waals surface area (Å²) in [4.78, 5) is 0. The Morgan fingerprint density at radius 2 is 1.86 bits per heavy atom. The van der Waals surface area contributed by atoms with Crippen LogP contribution in [0, 0.1) is 5.82 Å². The van der Waals surface area contributed by atoms with Crippen LogP contribution in [0.15, 0.2) is 23.7 Å². The van der Waals surface area contributed by atoms with Gasteiger partial charge in [0.15, 0.2) is 0 Å². The average molecular weight is 307 g/mol. The van der Waals surface area contributed by atoms with Crippen molar-refractivity contribution in [1.82, 2.24) is 0 Å². The fraction of sp³-hybridized carbons (Fsp3) is 0.500. The highest BCUT2D eigenvalue weighted by atomic mass is 19.1. The van der Waals surface area contributed by atoms with E-state index >= 15 is 0 Å². The summed E-state index contributed by atoms with van der Waals surface area (Å²) in [7, 11) is -0.663. The fourth-order valence-electron chi connectivity index (χ4n) is 2.27. The van der Waals surface area contributed by atoms with Gasteiger partial charge in [0, 0.05) is 6.54 Å². The van der Waals surface area contributed by atoms with Crippen molar-refractivity contribution in [3.8, 4) is 0 Å². The maximum Gasteiger partial charge on any atom is 0.492 e. The molecular weight excluding hydrogens is 284 g/mol. The maximum absolute atomic E-state index is 13.5. The Morgan fingerprint density at radius 3 is 2.36 bits per heavy atom. The van der Waals surface area contributed by atoms with Gasteiger partial charge in [-0.05, 0) is 56.4 Å². The minimum Gasteiger partial charge on any atom is -0.400 e. The number of aliphatic hydroxyl groups excluding tert-OH is 1. The third-order valence-electron chi connectivity index (χ3n) is 4.41. The summed E-state index contributed by atoms with van der Waals surface area (Å²) in [6.07, 6.45) is 1.69. The first kappa shape index (κ1) is 17.2. The Hall–Kier alpha value is -1.21. The molecule has 0 saturated carbocycles. The molecule has 0 bridgehead atoms. The first-order valence-electron chi connectivity index (χ1n) is 7.35. The normalized spacial score (nSPS) is 20.5. The number of rotatable bonds is 4. The molecule has 0 radical (unpaired) electrons. The molecule has 1 aromatic rings. The van der Waals surface area contributed by atoms with Crippen LogP contribution in [0.4, 0.5) is 4.39 Å². The molecule has 1 heterocycles. The number of hydrogen-bond acceptors (Lipinski definition) is 4. The molecule has 1 saturated heterocycles. The second-order valence-electron chi connectivity index (χ2n) is 6.51. The molecule has 6 heteroatoms. The molecule has 0 aromatic heterocycles. The van der Waals surface area contributed by atoms with Crippen LogP contribution in [0.25, 0.3) is 6.08 Å². The van der Waals surface area contributed by atoms with Crippen LogP contribution < -0.4 is 5.73 Å². The molecule has 22 heavy (non-hydrogen) atoms. The van der Waals surface area contributed by atoms with Gasteiger partial charge < -0.3 is 20.1 Å². The summed E-state index contributed by atoms with van der Waals surface area (Å²) >= 11 is 0. The van der Waals surface area contributed by atoms with Gasteiger partial charge >= 0.3 is 7.12 Å². The number of hydrogen-bond donors (Lipinski definition) is 2. The average Bonchev–Trinajstić information content (AvgIpc) is 2.64. The van der Waals surface area contributed by atoms with Gasteiger partial charge in [0.2, 0.25) is 0 Å². The summed E-state index contributed by atoms with van der Waals surface area (Å²) in [6.45, 7) is 7.81. The topological polar surface area (TPSA) is 64.7 Å². The van der Waals surface area contributed by atoms with Gasteiger partial charge in [0.1, 0.15) is 5.82 Å². The van der Waals surface area contributed by atoms with E-state index in [1.165, 1.54) is 12.1 Å². The zero-order valence-corrected chi connectivity index (χ0v) is 13.5. The van der Waals surface area contributed by atoms with Crippen LogP contribution in [0.2, 0.25) is 0 Å². The lowest BCUT2D eigenvalue weighted by Crippen LogP contribution is -2.41. The molecule has 4 nitrogen and oxygen atoms in total. The predicted octanol–water partition coefficient (Wildman–Crippen LogP) is 2.29. The van der Waals surface area contributed by atoms with E-state index in [9.17, 15) is 9.50 Å². The number of aliphatic hydroxyl groups is 1. The number of nitrogens with two attached hydrogens (primary N) is 1. The number of benzene rings is 1. The van der Waals surface area contributed by atoms with Crippen molar-refractivity contribution in [3.63, 3.8) is 0 Å². The molecular formula is C16H23BFNO3. The van der Waals surface area contributed by atoms with Crippen LogP contribution >= 0.6 is 0 Å². The van der Waals surface area contributed by atoms with Gasteiger partial charge in [-0.3, -0.25) is 0 Å². The Balaban J connectivity index is 2.35. The van der Waals surface area contributed by atoms with Crippen molar-refractivity contribution in [1.29, 1.82) is 0 Å². The van der Waals surface area contributed by atoms with Gasteiger partial charge in [0.25, 0.3) is 0 Å². The maximum atomic E-state index is 13.5. The van der Waals surface area contributed by atoms with Gasteiger partial charge in [-0.15, -0.1) is 0 Å². The largest absolute Gasteiger partial charge is 0.492 e. The zero-order valence-electron chi connectivity index (χ0n) is 13.5. The van der Waals surface area contributed by atoms with E-state index in [1.807, 2.05) is 27.7 Å². The van der Waals surface area contributed by atoms with Crippen molar-refractivity contribution in [3.05, 3.63) is 40.6 Å². The Morgan fingerprint density at radius 1 is 1.27 bits per heavy atom. The van der Waals surface area contributed by atoms with Crippen molar-refractivity contribution >= 4 is 13.2 Å². The second kappa shape index (κ2) is 6.12. The molecule has 120 valence electrons. The highest BCUT2D eigenvalue weighted by Crippen LogP contribution is 2.38. The standard InChI is InChI=1S/C16H23BFNO3/c1-15(2)16(3,4)22-17(21-15)13(10-20)7-12-8-14(18)6-5-11(12)9-19/h5-8,20H,9-10,19H2,1-4H3. The van der Waals surface area contributed by atoms with E-state index in [1.54, 1.807) is 12.1 Å². The first-order chi connectivity index (χ1) is 10.2. The second-order valence-corrected chi connectivity index (χ2v) is 6.51. The van der Waals surface area contributed by atoms with Crippen LogP contribution in [-0.2, 0) is 15.9 Å². The van der Waals surface area contributed by atoms with Gasteiger partial charge in [-0.2, -0.15) is 0 Å². The smallest absolute Gasteiger partial charge is 0.400 e. The minimum absolute atomic E-state index is 0.239. The Labute approximate surface area is 131 Å². The van der Waals surface area contributed by atoms with Crippen LogP contribution in [0.5, 0.6) is 0 Å². The quantitative estimate of drug-likeness (QED) is 0.838. The van der Waals surface area contributed by atoms with Crippen molar-refractivity contribution in [2.24, 2.45) is 5.73 Å². The van der Waals surface area contributed by atoms with Crippen molar-refractivity contribution in [2.75, 3.05) is 6.61 Å². The third-order valence-corrected chi connectivity index (χ3v) is 4.41. The van der Waals surface area contributed by atoms with Gasteiger partial charge in [0.05, 0.1) is 17.8 Å². The summed E-state index contributed by atoms with van der Waals surface area (Å²) in [5, 5.41) is 9.67. The minimum atomic E-state index is -0.663. The predicted molar refractivity (Wildman–Crippen MR) is 85.4 cm³/mol. The third kappa shape index (κ3) is 3.25. The van der Waals surface area contributed by atoms with E-state index in [0.29, 0.717) is 11.0 Å². The lowest BCUT2D eigenvalue weighted by atomic mass is 9.77. The lowest BCUT2D eigenvalue weighted by Gasteiger charge is -2.32. The van der Waals surface area contributed by atoms with Crippen molar-refractivity contribution in [2.45, 2.75) is 45.4 Å². The highest BCUT2D eigenvalue weighted by Gasteiger charge is 2.52. The molecule has 1 aliphatic rings. The molecule has 0 amide bonds. The first-order valence-corrected chi connectivity index (χ1v) is 7.35. The van der Waals surface area contributed by atoms with E-state index in [0.717, 1.165) is 5.56 Å². The van der Waals surface area contributed by atoms with Gasteiger partial charge in [-0.1, -0.05) is 12.1 Å². The zero-order chi connectivity index (χ0) is 16.5. The van der Waals surface area contributed by atoms with Crippen LogP contribution in [0.3, 0.4) is 0 Å². The SMILES string of the molecule is CC1(C)OB(C(=Cc2cc(F)ccc2CN)CO)OC1(C)C. The molecule has 1 aromatic carbocycles. The van der Waals surface area contributed by atoms with E-state index in [-0.39, 0.29) is 19.0 Å². The van der Waals surface area contributed by atoms with Gasteiger partial charge in [-0.25, -0.2) is 4.39 Å². The molecule has 1 aliphatic heterocycles. The van der Waals surface area contributed by atoms with Crippen LogP contribution in [-0.4, -0.2) is 30.0 Å². The Kier molecular flexibility index (Phi) is 4.77.